The van der Waals surface area contributed by atoms with Crippen LogP contribution in [0.1, 0.15) is 56.7 Å². The molecule has 2 nitrogen and oxygen atoms in total. The summed E-state index contributed by atoms with van der Waals surface area (Å²) >= 11 is 0. The van der Waals surface area contributed by atoms with Crippen LogP contribution in [-0.2, 0) is 0 Å². The average Bonchev–Trinajstić information content (AvgIpc) is 2.65. The minimum absolute atomic E-state index is 0.294. The quantitative estimate of drug-likeness (QED) is 0.857. The van der Waals surface area contributed by atoms with Gasteiger partial charge in [-0.05, 0) is 31.0 Å². The molecule has 0 amide bonds. The van der Waals surface area contributed by atoms with Crippen LogP contribution in [0, 0.1) is 0 Å². The van der Waals surface area contributed by atoms with Gasteiger partial charge in [-0.3, -0.25) is 0 Å². The normalized spacial score (nSPS) is 22.6. The first-order valence-electron chi connectivity index (χ1n) is 6.65. The van der Waals surface area contributed by atoms with Crippen LogP contribution in [0.2, 0.25) is 0 Å². The van der Waals surface area contributed by atoms with Crippen LogP contribution < -0.4 is 10.1 Å². The van der Waals surface area contributed by atoms with E-state index in [9.17, 15) is 0 Å². The second kappa shape index (κ2) is 5.09. The van der Waals surface area contributed by atoms with Crippen molar-refractivity contribution in [3.63, 3.8) is 0 Å². The number of hydrogen-bond acceptors (Lipinski definition) is 2. The van der Waals surface area contributed by atoms with Crippen molar-refractivity contribution in [2.75, 3.05) is 7.05 Å². The van der Waals surface area contributed by atoms with Gasteiger partial charge in [0.25, 0.3) is 0 Å². The van der Waals surface area contributed by atoms with Gasteiger partial charge in [0.2, 0.25) is 0 Å². The molecule has 0 fully saturated rings. The highest BCUT2D eigenvalue weighted by atomic mass is 16.5. The van der Waals surface area contributed by atoms with Crippen LogP contribution in [0.3, 0.4) is 0 Å². The first-order valence-corrected chi connectivity index (χ1v) is 6.65. The Labute approximate surface area is 104 Å². The van der Waals surface area contributed by atoms with E-state index in [-0.39, 0.29) is 0 Å². The maximum atomic E-state index is 6.02. The molecule has 1 aliphatic heterocycles. The second-order valence-corrected chi connectivity index (χ2v) is 5.16. The van der Waals surface area contributed by atoms with Crippen LogP contribution in [0.4, 0.5) is 0 Å². The molecule has 0 aliphatic carbocycles. The summed E-state index contributed by atoms with van der Waals surface area (Å²) in [5, 5.41) is 3.40. The number of nitrogens with one attached hydrogen (secondary N) is 1. The van der Waals surface area contributed by atoms with E-state index in [1.54, 1.807) is 0 Å². The number of benzene rings is 1. The second-order valence-electron chi connectivity index (χ2n) is 5.16. The molecule has 0 aromatic heterocycles. The molecule has 2 heteroatoms. The minimum Gasteiger partial charge on any atom is -0.488 e. The largest absolute Gasteiger partial charge is 0.488 e. The van der Waals surface area contributed by atoms with Crippen LogP contribution in [0.5, 0.6) is 5.75 Å². The molecule has 0 saturated heterocycles. The molecule has 1 aromatic rings. The minimum atomic E-state index is 0.294. The summed E-state index contributed by atoms with van der Waals surface area (Å²) in [6.45, 7) is 6.67. The lowest BCUT2D eigenvalue weighted by molar-refractivity contribution is 0.182. The van der Waals surface area contributed by atoms with Crippen molar-refractivity contribution in [3.8, 4) is 5.75 Å². The lowest BCUT2D eigenvalue weighted by Gasteiger charge is -2.17. The first-order chi connectivity index (χ1) is 8.17. The monoisotopic (exact) mass is 233 g/mol. The zero-order chi connectivity index (χ0) is 12.4. The van der Waals surface area contributed by atoms with Gasteiger partial charge in [-0.25, -0.2) is 0 Å². The Morgan fingerprint density at radius 2 is 2.12 bits per heavy atom. The number of fused-ring (bicyclic) bond motifs is 1. The van der Waals surface area contributed by atoms with Gasteiger partial charge >= 0.3 is 0 Å². The predicted octanol–water partition coefficient (Wildman–Crippen LogP) is 3.63. The van der Waals surface area contributed by atoms with Gasteiger partial charge < -0.3 is 10.1 Å². The molecule has 2 unspecified atom stereocenters. The number of hydrogen-bond donors (Lipinski definition) is 1. The molecule has 2 rings (SSSR count). The molecular weight excluding hydrogens is 210 g/mol. The Balaban J connectivity index is 2.30. The summed E-state index contributed by atoms with van der Waals surface area (Å²) in [6, 6.07) is 6.97. The Hall–Kier alpha value is -1.02. The van der Waals surface area contributed by atoms with E-state index in [4.69, 9.17) is 4.74 Å². The van der Waals surface area contributed by atoms with Crippen molar-refractivity contribution in [1.82, 2.24) is 5.32 Å². The molecular formula is C15H23NO. The summed E-state index contributed by atoms with van der Waals surface area (Å²) in [5.41, 5.74) is 2.72. The molecule has 2 atom stereocenters. The van der Waals surface area contributed by atoms with Crippen molar-refractivity contribution < 1.29 is 4.74 Å². The van der Waals surface area contributed by atoms with Crippen LogP contribution in [0.15, 0.2) is 18.2 Å². The molecule has 0 spiro atoms. The summed E-state index contributed by atoms with van der Waals surface area (Å²) < 4.78 is 6.02. The molecule has 1 N–H and O–H groups in total. The summed E-state index contributed by atoms with van der Waals surface area (Å²) in [4.78, 5) is 0. The lowest BCUT2D eigenvalue weighted by Crippen LogP contribution is -2.28. The fourth-order valence-electron chi connectivity index (χ4n) is 2.56. The van der Waals surface area contributed by atoms with Gasteiger partial charge in [0.1, 0.15) is 11.9 Å². The van der Waals surface area contributed by atoms with Crippen molar-refractivity contribution in [2.45, 2.75) is 51.7 Å². The zero-order valence-electron chi connectivity index (χ0n) is 11.3. The van der Waals surface area contributed by atoms with Crippen LogP contribution in [0.25, 0.3) is 0 Å². The van der Waals surface area contributed by atoms with Gasteiger partial charge in [0.15, 0.2) is 0 Å². The Morgan fingerprint density at radius 1 is 1.35 bits per heavy atom. The van der Waals surface area contributed by atoms with E-state index < -0.39 is 0 Å². The molecule has 17 heavy (non-hydrogen) atoms. The highest BCUT2D eigenvalue weighted by Crippen LogP contribution is 2.39. The maximum absolute atomic E-state index is 6.02. The van der Waals surface area contributed by atoms with Crippen LogP contribution in [-0.4, -0.2) is 13.2 Å². The Bertz CT molecular complexity index is 387. The Morgan fingerprint density at radius 3 is 2.71 bits per heavy atom. The number of likely N-dealkylation sites (N-methyl/N-ethyl adjacent to an activating group) is 1. The van der Waals surface area contributed by atoms with Gasteiger partial charge in [-0.1, -0.05) is 39.3 Å². The smallest absolute Gasteiger partial charge is 0.124 e. The molecule has 0 radical (unpaired) electrons. The van der Waals surface area contributed by atoms with E-state index in [0.29, 0.717) is 18.1 Å². The number of ether oxygens (including phenoxy) is 1. The molecule has 1 heterocycles. The van der Waals surface area contributed by atoms with E-state index >= 15 is 0 Å². The topological polar surface area (TPSA) is 21.3 Å². The highest BCUT2D eigenvalue weighted by Gasteiger charge is 2.32. The van der Waals surface area contributed by atoms with Gasteiger partial charge in [0, 0.05) is 5.56 Å². The van der Waals surface area contributed by atoms with E-state index in [0.717, 1.165) is 18.6 Å². The van der Waals surface area contributed by atoms with Crippen LogP contribution >= 0.6 is 0 Å². The SMILES string of the molecule is CCCC1Oc2ccc(C(C)C)cc2C1NC. The lowest BCUT2D eigenvalue weighted by atomic mass is 9.95. The predicted molar refractivity (Wildman–Crippen MR) is 71.7 cm³/mol. The fourth-order valence-corrected chi connectivity index (χ4v) is 2.56. The van der Waals surface area contributed by atoms with Crippen molar-refractivity contribution >= 4 is 0 Å². The molecule has 0 saturated carbocycles. The third kappa shape index (κ3) is 2.32. The average molecular weight is 233 g/mol. The number of rotatable bonds is 4. The maximum Gasteiger partial charge on any atom is 0.124 e. The summed E-state index contributed by atoms with van der Waals surface area (Å²) in [7, 11) is 2.02. The van der Waals surface area contributed by atoms with Crippen molar-refractivity contribution in [1.29, 1.82) is 0 Å². The fraction of sp³-hybridized carbons (Fsp3) is 0.600. The third-order valence-corrected chi connectivity index (χ3v) is 3.57. The standard InChI is InChI=1S/C15H23NO/c1-5-6-14-15(16-4)12-9-11(10(2)3)7-8-13(12)17-14/h7-10,14-16H,5-6H2,1-4H3. The van der Waals surface area contributed by atoms with E-state index in [1.807, 2.05) is 7.05 Å². The Kier molecular flexibility index (Phi) is 3.72. The van der Waals surface area contributed by atoms with Gasteiger partial charge in [0.05, 0.1) is 6.04 Å². The van der Waals surface area contributed by atoms with Crippen molar-refractivity contribution in [3.05, 3.63) is 29.3 Å². The highest BCUT2D eigenvalue weighted by molar-refractivity contribution is 5.44. The summed E-state index contributed by atoms with van der Waals surface area (Å²) in [5.74, 6) is 1.63. The van der Waals surface area contributed by atoms with Gasteiger partial charge in [-0.15, -0.1) is 0 Å². The molecule has 1 aliphatic rings. The first kappa shape index (κ1) is 12.4. The van der Waals surface area contributed by atoms with E-state index in [2.05, 4.69) is 44.3 Å². The molecule has 0 bridgehead atoms. The van der Waals surface area contributed by atoms with Gasteiger partial charge in [-0.2, -0.15) is 0 Å². The molecule has 1 aromatic carbocycles. The third-order valence-electron chi connectivity index (χ3n) is 3.57. The van der Waals surface area contributed by atoms with E-state index in [1.165, 1.54) is 11.1 Å². The van der Waals surface area contributed by atoms with Crippen molar-refractivity contribution in [2.24, 2.45) is 0 Å². The molecule has 94 valence electrons. The zero-order valence-corrected chi connectivity index (χ0v) is 11.3. The summed E-state index contributed by atoms with van der Waals surface area (Å²) in [6.07, 6.45) is 2.56.